The molecule has 2 aliphatic rings. The third-order valence-electron chi connectivity index (χ3n) is 6.61. The minimum Gasteiger partial charge on any atom is -0.497 e. The summed E-state index contributed by atoms with van der Waals surface area (Å²) < 4.78 is 7.21. The largest absolute Gasteiger partial charge is 0.497 e. The van der Waals surface area contributed by atoms with Crippen molar-refractivity contribution in [1.82, 2.24) is 29.7 Å². The smallest absolute Gasteiger partial charge is 0.229 e. The third kappa shape index (κ3) is 3.64. The van der Waals surface area contributed by atoms with Crippen LogP contribution in [0.25, 0.3) is 11.0 Å². The summed E-state index contributed by atoms with van der Waals surface area (Å²) in [6.07, 6.45) is 6.14. The van der Waals surface area contributed by atoms with E-state index in [2.05, 4.69) is 36.8 Å². The lowest BCUT2D eigenvalue weighted by molar-refractivity contribution is 0.414. The van der Waals surface area contributed by atoms with Gasteiger partial charge in [0.25, 0.3) is 0 Å². The first-order valence-electron chi connectivity index (χ1n) is 11.6. The second kappa shape index (κ2) is 8.44. The zero-order chi connectivity index (χ0) is 23.1. The summed E-state index contributed by atoms with van der Waals surface area (Å²) in [7, 11) is 3.66. The maximum Gasteiger partial charge on any atom is 0.229 e. The predicted octanol–water partition coefficient (Wildman–Crippen LogP) is 2.05. The highest BCUT2D eigenvalue weighted by Gasteiger charge is 2.28. The number of aromatic nitrogens is 6. The monoisotopic (exact) mass is 457 g/mol. The molecule has 0 bridgehead atoms. The molecule has 10 heteroatoms. The van der Waals surface area contributed by atoms with E-state index in [1.165, 1.54) is 5.56 Å². The molecule has 10 nitrogen and oxygen atoms in total. The maximum atomic E-state index is 5.31. The van der Waals surface area contributed by atoms with E-state index < -0.39 is 0 Å². The van der Waals surface area contributed by atoms with Gasteiger partial charge in [0.05, 0.1) is 24.4 Å². The number of hydrogen-bond acceptors (Lipinski definition) is 9. The van der Waals surface area contributed by atoms with Crippen LogP contribution in [0.15, 0.2) is 42.9 Å². The van der Waals surface area contributed by atoms with Crippen LogP contribution in [0.2, 0.25) is 0 Å². The number of benzene rings is 1. The molecule has 3 aromatic heterocycles. The van der Waals surface area contributed by atoms with Crippen molar-refractivity contribution in [1.29, 1.82) is 0 Å². The Kier molecular flexibility index (Phi) is 5.12. The highest BCUT2D eigenvalue weighted by Crippen LogP contribution is 2.34. The number of ether oxygens (including phenoxy) is 1. The van der Waals surface area contributed by atoms with Crippen LogP contribution in [-0.4, -0.2) is 69.5 Å². The second-order valence-corrected chi connectivity index (χ2v) is 8.67. The van der Waals surface area contributed by atoms with Crippen LogP contribution in [-0.2, 0) is 20.0 Å². The van der Waals surface area contributed by atoms with Gasteiger partial charge in [0.2, 0.25) is 5.95 Å². The second-order valence-electron chi connectivity index (χ2n) is 8.67. The number of piperazine rings is 1. The van der Waals surface area contributed by atoms with Gasteiger partial charge in [0.15, 0.2) is 5.65 Å². The Morgan fingerprint density at radius 2 is 1.74 bits per heavy atom. The van der Waals surface area contributed by atoms with E-state index in [1.807, 2.05) is 30.1 Å². The van der Waals surface area contributed by atoms with Crippen LogP contribution in [0.3, 0.4) is 0 Å². The Labute approximate surface area is 197 Å². The molecule has 4 aromatic rings. The van der Waals surface area contributed by atoms with E-state index in [9.17, 15) is 0 Å². The number of nitrogens with zero attached hydrogens (tertiary/aromatic N) is 9. The molecule has 1 fully saturated rings. The molecule has 2 aliphatic heterocycles. The molecule has 174 valence electrons. The summed E-state index contributed by atoms with van der Waals surface area (Å²) in [5, 5.41) is 5.82. The van der Waals surface area contributed by atoms with Crippen molar-refractivity contribution < 1.29 is 4.74 Å². The molecule has 0 unspecified atom stereocenters. The van der Waals surface area contributed by atoms with Crippen LogP contribution in [0.4, 0.5) is 17.6 Å². The summed E-state index contributed by atoms with van der Waals surface area (Å²) in [6, 6.07) is 8.24. The van der Waals surface area contributed by atoms with Gasteiger partial charge in [-0.05, 0) is 17.7 Å². The fourth-order valence-corrected chi connectivity index (χ4v) is 4.78. The molecule has 5 heterocycles. The Morgan fingerprint density at radius 3 is 2.47 bits per heavy atom. The Balaban J connectivity index is 1.29. The van der Waals surface area contributed by atoms with Crippen LogP contribution < -0.4 is 19.4 Å². The van der Waals surface area contributed by atoms with Gasteiger partial charge in [0.1, 0.15) is 17.4 Å². The van der Waals surface area contributed by atoms with Crippen molar-refractivity contribution in [2.24, 2.45) is 7.05 Å². The molecular formula is C24H27N9O. The molecule has 1 saturated heterocycles. The molecular weight excluding hydrogens is 430 g/mol. The zero-order valence-electron chi connectivity index (χ0n) is 19.4. The van der Waals surface area contributed by atoms with Crippen molar-refractivity contribution in [3.8, 4) is 5.75 Å². The average molecular weight is 458 g/mol. The fourth-order valence-electron chi connectivity index (χ4n) is 4.78. The Hall–Kier alpha value is -3.95. The number of hydrogen-bond donors (Lipinski definition) is 0. The summed E-state index contributed by atoms with van der Waals surface area (Å²) in [4.78, 5) is 25.5. The van der Waals surface area contributed by atoms with E-state index in [1.54, 1.807) is 19.5 Å². The SMILES string of the molecule is COc1ccc(CN2CCc3nn(C)c4nc(N5CCN(c6cnccn6)CC5)nc2c34)cc1. The molecule has 1 aromatic carbocycles. The van der Waals surface area contributed by atoms with Gasteiger partial charge < -0.3 is 19.4 Å². The van der Waals surface area contributed by atoms with Crippen LogP contribution in [0, 0.1) is 0 Å². The van der Waals surface area contributed by atoms with Gasteiger partial charge in [0, 0.05) is 65.1 Å². The molecule has 0 N–H and O–H groups in total. The maximum absolute atomic E-state index is 5.31. The van der Waals surface area contributed by atoms with Crippen molar-refractivity contribution in [3.63, 3.8) is 0 Å². The number of methoxy groups -OCH3 is 1. The summed E-state index contributed by atoms with van der Waals surface area (Å²) in [6.45, 7) is 5.01. The Bertz CT molecular complexity index is 1300. The third-order valence-corrected chi connectivity index (χ3v) is 6.61. The molecule has 0 spiro atoms. The topological polar surface area (TPSA) is 88.3 Å². The van der Waals surface area contributed by atoms with Gasteiger partial charge in [-0.2, -0.15) is 15.1 Å². The summed E-state index contributed by atoms with van der Waals surface area (Å²) in [5.74, 6) is 3.51. The van der Waals surface area contributed by atoms with Crippen molar-refractivity contribution in [2.75, 3.05) is 54.5 Å². The average Bonchev–Trinajstić information content (AvgIpc) is 3.22. The van der Waals surface area contributed by atoms with Gasteiger partial charge in [-0.3, -0.25) is 4.98 Å². The summed E-state index contributed by atoms with van der Waals surface area (Å²) in [5.41, 5.74) is 3.20. The minimum atomic E-state index is 0.762. The lowest BCUT2D eigenvalue weighted by Crippen LogP contribution is -2.47. The molecule has 34 heavy (non-hydrogen) atoms. The van der Waals surface area contributed by atoms with E-state index >= 15 is 0 Å². The Morgan fingerprint density at radius 1 is 0.941 bits per heavy atom. The quantitative estimate of drug-likeness (QED) is 0.447. The molecule has 0 atom stereocenters. The number of rotatable bonds is 5. The number of aryl methyl sites for hydroxylation is 1. The van der Waals surface area contributed by atoms with E-state index in [0.29, 0.717) is 0 Å². The van der Waals surface area contributed by atoms with Gasteiger partial charge in [-0.1, -0.05) is 12.1 Å². The molecule has 0 saturated carbocycles. The van der Waals surface area contributed by atoms with Crippen LogP contribution in [0.5, 0.6) is 5.75 Å². The predicted molar refractivity (Wildman–Crippen MR) is 131 cm³/mol. The van der Waals surface area contributed by atoms with E-state index in [4.69, 9.17) is 19.8 Å². The van der Waals surface area contributed by atoms with Crippen LogP contribution in [0.1, 0.15) is 11.3 Å². The van der Waals surface area contributed by atoms with Crippen LogP contribution >= 0.6 is 0 Å². The minimum absolute atomic E-state index is 0.762. The first-order chi connectivity index (χ1) is 16.7. The van der Waals surface area contributed by atoms with Gasteiger partial charge >= 0.3 is 0 Å². The summed E-state index contributed by atoms with van der Waals surface area (Å²) >= 11 is 0. The lowest BCUT2D eigenvalue weighted by atomic mass is 10.1. The van der Waals surface area contributed by atoms with Gasteiger partial charge in [-0.25, -0.2) is 9.67 Å². The first kappa shape index (κ1) is 20.6. The molecule has 0 radical (unpaired) electrons. The molecule has 0 aliphatic carbocycles. The van der Waals surface area contributed by atoms with E-state index in [0.717, 1.165) is 85.8 Å². The van der Waals surface area contributed by atoms with Crippen molar-refractivity contribution in [2.45, 2.75) is 13.0 Å². The van der Waals surface area contributed by atoms with Gasteiger partial charge in [-0.15, -0.1) is 0 Å². The molecule has 6 rings (SSSR count). The standard InChI is InChI=1S/C24H27N9O/c1-30-22-21-19(29-30)7-10-33(16-17-3-5-18(34-2)6-4-17)23(21)28-24(27-22)32-13-11-31(12-14-32)20-15-25-8-9-26-20/h3-6,8-9,15H,7,10-14,16H2,1-2H3. The van der Waals surface area contributed by atoms with Crippen molar-refractivity contribution in [3.05, 3.63) is 54.1 Å². The van der Waals surface area contributed by atoms with E-state index in [-0.39, 0.29) is 0 Å². The fraction of sp³-hybridized carbons (Fsp3) is 0.375. The normalized spacial score (nSPS) is 15.8. The first-order valence-corrected chi connectivity index (χ1v) is 11.6. The highest BCUT2D eigenvalue weighted by molar-refractivity contribution is 5.92. The lowest BCUT2D eigenvalue weighted by Gasteiger charge is -2.36. The number of anilines is 3. The zero-order valence-corrected chi connectivity index (χ0v) is 19.4. The highest BCUT2D eigenvalue weighted by atomic mass is 16.5. The molecule has 0 amide bonds. The van der Waals surface area contributed by atoms with Crippen molar-refractivity contribution >= 4 is 28.6 Å².